The van der Waals surface area contributed by atoms with Gasteiger partial charge in [0, 0.05) is 18.4 Å². The first-order chi connectivity index (χ1) is 10.1. The molecule has 3 heteroatoms. The number of ketones is 1. The molecule has 3 aromatic rings. The van der Waals surface area contributed by atoms with Crippen LogP contribution in [0.5, 0.6) is 0 Å². The fraction of sp³-hybridized carbons (Fsp3) is 0.222. The number of benzene rings is 2. The monoisotopic (exact) mass is 295 g/mol. The number of thiazole rings is 1. The molecule has 2 nitrogen and oxygen atoms in total. The Balaban J connectivity index is 1.71. The molecular weight excluding hydrogens is 278 g/mol. The Bertz CT molecular complexity index is 771. The summed E-state index contributed by atoms with van der Waals surface area (Å²) >= 11 is 1.68. The van der Waals surface area contributed by atoms with Crippen LogP contribution in [0.4, 0.5) is 0 Å². The molecule has 106 valence electrons. The Labute approximate surface area is 128 Å². The zero-order valence-electron chi connectivity index (χ0n) is 12.2. The number of fused-ring (bicyclic) bond motifs is 1. The average Bonchev–Trinajstić information content (AvgIpc) is 2.90. The number of nitrogens with zero attached hydrogens (tertiary/aromatic N) is 1. The fourth-order valence-electron chi connectivity index (χ4n) is 2.31. The van der Waals surface area contributed by atoms with Gasteiger partial charge in [0.05, 0.1) is 15.2 Å². The number of hydrogen-bond acceptors (Lipinski definition) is 3. The van der Waals surface area contributed by atoms with E-state index in [2.05, 4.69) is 18.0 Å². The second kappa shape index (κ2) is 5.78. The number of aryl methyl sites for hydroxylation is 3. The van der Waals surface area contributed by atoms with Crippen LogP contribution in [0, 0.1) is 13.8 Å². The number of hydrogen-bond donors (Lipinski definition) is 0. The Morgan fingerprint density at radius 3 is 2.67 bits per heavy atom. The zero-order valence-corrected chi connectivity index (χ0v) is 13.0. The van der Waals surface area contributed by atoms with Gasteiger partial charge in [-0.15, -0.1) is 11.3 Å². The Morgan fingerprint density at radius 1 is 1.10 bits per heavy atom. The molecule has 0 radical (unpaired) electrons. The Morgan fingerprint density at radius 2 is 1.90 bits per heavy atom. The highest BCUT2D eigenvalue weighted by Crippen LogP contribution is 2.23. The topological polar surface area (TPSA) is 30.0 Å². The average molecular weight is 295 g/mol. The van der Waals surface area contributed by atoms with E-state index in [0.29, 0.717) is 12.8 Å². The van der Waals surface area contributed by atoms with Crippen LogP contribution < -0.4 is 0 Å². The number of Topliss-reactive ketones (excluding diaryl/α,β-unsaturated/α-hetero) is 1. The summed E-state index contributed by atoms with van der Waals surface area (Å²) < 4.78 is 1.19. The summed E-state index contributed by atoms with van der Waals surface area (Å²) in [5.41, 5.74) is 4.22. The molecule has 0 N–H and O–H groups in total. The van der Waals surface area contributed by atoms with E-state index in [4.69, 9.17) is 0 Å². The van der Waals surface area contributed by atoms with E-state index in [0.717, 1.165) is 16.1 Å². The number of rotatable bonds is 4. The van der Waals surface area contributed by atoms with E-state index >= 15 is 0 Å². The lowest BCUT2D eigenvalue weighted by Crippen LogP contribution is -2.02. The molecule has 0 unspecified atom stereocenters. The van der Waals surface area contributed by atoms with Gasteiger partial charge in [-0.3, -0.25) is 4.79 Å². The van der Waals surface area contributed by atoms with Gasteiger partial charge in [0.15, 0.2) is 5.78 Å². The van der Waals surface area contributed by atoms with Crippen molar-refractivity contribution in [3.05, 3.63) is 64.2 Å². The molecule has 1 heterocycles. The molecule has 21 heavy (non-hydrogen) atoms. The van der Waals surface area contributed by atoms with Crippen LogP contribution >= 0.6 is 11.3 Å². The number of carbonyl (C=O) groups excluding carboxylic acids is 1. The first kappa shape index (κ1) is 14.0. The normalized spacial score (nSPS) is 11.0. The third kappa shape index (κ3) is 3.03. The summed E-state index contributed by atoms with van der Waals surface area (Å²) in [7, 11) is 0. The van der Waals surface area contributed by atoms with Crippen LogP contribution in [0.15, 0.2) is 42.5 Å². The Hall–Kier alpha value is -2.00. The summed E-state index contributed by atoms with van der Waals surface area (Å²) in [6.45, 7) is 4.10. The molecular formula is C18H17NOS. The molecule has 0 saturated heterocycles. The molecule has 3 rings (SSSR count). The van der Waals surface area contributed by atoms with E-state index < -0.39 is 0 Å². The molecule has 0 saturated carbocycles. The van der Waals surface area contributed by atoms with Crippen molar-refractivity contribution in [2.75, 3.05) is 0 Å². The standard InChI is InChI=1S/C18H17NOS/c1-12-7-8-14(11-13(12)2)16(20)9-10-18-19-15-5-3-4-6-17(15)21-18/h3-8,11H,9-10H2,1-2H3. The third-order valence-corrected chi connectivity index (χ3v) is 4.83. The third-order valence-electron chi connectivity index (χ3n) is 3.73. The van der Waals surface area contributed by atoms with Gasteiger partial charge in [-0.25, -0.2) is 4.98 Å². The van der Waals surface area contributed by atoms with Gasteiger partial charge in [0.2, 0.25) is 0 Å². The fourth-order valence-corrected chi connectivity index (χ4v) is 3.27. The smallest absolute Gasteiger partial charge is 0.163 e. The summed E-state index contributed by atoms with van der Waals surface area (Å²) in [5, 5.41) is 1.04. The molecule has 0 fully saturated rings. The van der Waals surface area contributed by atoms with Gasteiger partial charge in [-0.1, -0.05) is 24.3 Å². The van der Waals surface area contributed by atoms with E-state index in [1.165, 1.54) is 15.8 Å². The SMILES string of the molecule is Cc1ccc(C(=O)CCc2nc3ccccc3s2)cc1C. The lowest BCUT2D eigenvalue weighted by atomic mass is 10.0. The molecule has 0 atom stereocenters. The van der Waals surface area contributed by atoms with Crippen molar-refractivity contribution in [1.82, 2.24) is 4.98 Å². The van der Waals surface area contributed by atoms with Gasteiger partial charge in [-0.05, 0) is 43.2 Å². The highest BCUT2D eigenvalue weighted by atomic mass is 32.1. The summed E-state index contributed by atoms with van der Waals surface area (Å²) in [5.74, 6) is 0.192. The molecule has 0 aliphatic rings. The first-order valence-electron chi connectivity index (χ1n) is 7.08. The minimum atomic E-state index is 0.192. The molecule has 0 aliphatic heterocycles. The summed E-state index contributed by atoms with van der Waals surface area (Å²) in [6.07, 6.45) is 1.23. The maximum absolute atomic E-state index is 12.3. The largest absolute Gasteiger partial charge is 0.294 e. The Kier molecular flexibility index (Phi) is 3.84. The van der Waals surface area contributed by atoms with Gasteiger partial charge >= 0.3 is 0 Å². The number of carbonyl (C=O) groups is 1. The van der Waals surface area contributed by atoms with Crippen LogP contribution in [0.2, 0.25) is 0 Å². The van der Waals surface area contributed by atoms with Crippen LogP contribution in [0.1, 0.15) is 32.9 Å². The van der Waals surface area contributed by atoms with Crippen LogP contribution in [0.25, 0.3) is 10.2 Å². The van der Waals surface area contributed by atoms with Crippen molar-refractivity contribution >= 4 is 27.3 Å². The summed E-state index contributed by atoms with van der Waals surface area (Å²) in [4.78, 5) is 16.8. The van der Waals surface area contributed by atoms with E-state index in [-0.39, 0.29) is 5.78 Å². The second-order valence-corrected chi connectivity index (χ2v) is 6.41. The predicted octanol–water partition coefficient (Wildman–Crippen LogP) is 4.73. The quantitative estimate of drug-likeness (QED) is 0.651. The van der Waals surface area contributed by atoms with E-state index in [1.54, 1.807) is 11.3 Å². The van der Waals surface area contributed by atoms with Crippen LogP contribution in [0.3, 0.4) is 0 Å². The highest BCUT2D eigenvalue weighted by Gasteiger charge is 2.09. The highest BCUT2D eigenvalue weighted by molar-refractivity contribution is 7.18. The molecule has 0 amide bonds. The van der Waals surface area contributed by atoms with Crippen molar-refractivity contribution in [3.63, 3.8) is 0 Å². The minimum absolute atomic E-state index is 0.192. The maximum Gasteiger partial charge on any atom is 0.163 e. The lowest BCUT2D eigenvalue weighted by Gasteiger charge is -2.03. The lowest BCUT2D eigenvalue weighted by molar-refractivity contribution is 0.0982. The van der Waals surface area contributed by atoms with Gasteiger partial charge < -0.3 is 0 Å². The molecule has 0 bridgehead atoms. The molecule has 2 aromatic carbocycles. The molecule has 0 aliphatic carbocycles. The minimum Gasteiger partial charge on any atom is -0.294 e. The van der Waals surface area contributed by atoms with Crippen LogP contribution in [-0.2, 0) is 6.42 Å². The molecule has 0 spiro atoms. The van der Waals surface area contributed by atoms with Gasteiger partial charge in [0.25, 0.3) is 0 Å². The van der Waals surface area contributed by atoms with Crippen molar-refractivity contribution in [3.8, 4) is 0 Å². The van der Waals surface area contributed by atoms with Crippen LogP contribution in [-0.4, -0.2) is 10.8 Å². The van der Waals surface area contributed by atoms with E-state index in [9.17, 15) is 4.79 Å². The first-order valence-corrected chi connectivity index (χ1v) is 7.90. The molecule has 1 aromatic heterocycles. The van der Waals surface area contributed by atoms with E-state index in [1.807, 2.05) is 43.3 Å². The number of aromatic nitrogens is 1. The second-order valence-electron chi connectivity index (χ2n) is 5.30. The van der Waals surface area contributed by atoms with Crippen molar-refractivity contribution in [1.29, 1.82) is 0 Å². The predicted molar refractivity (Wildman–Crippen MR) is 88.2 cm³/mol. The van der Waals surface area contributed by atoms with Crippen molar-refractivity contribution < 1.29 is 4.79 Å². The van der Waals surface area contributed by atoms with Crippen molar-refractivity contribution in [2.24, 2.45) is 0 Å². The number of para-hydroxylation sites is 1. The van der Waals surface area contributed by atoms with Crippen molar-refractivity contribution in [2.45, 2.75) is 26.7 Å². The zero-order chi connectivity index (χ0) is 14.8. The maximum atomic E-state index is 12.3. The van der Waals surface area contributed by atoms with Gasteiger partial charge in [-0.2, -0.15) is 0 Å². The summed E-state index contributed by atoms with van der Waals surface area (Å²) in [6, 6.07) is 14.0. The van der Waals surface area contributed by atoms with Gasteiger partial charge in [0.1, 0.15) is 0 Å².